The first-order chi connectivity index (χ1) is 11.1. The predicted molar refractivity (Wildman–Crippen MR) is 94.7 cm³/mol. The van der Waals surface area contributed by atoms with Gasteiger partial charge in [-0.25, -0.2) is 0 Å². The molecule has 0 radical (unpaired) electrons. The van der Waals surface area contributed by atoms with E-state index in [4.69, 9.17) is 4.74 Å². The van der Waals surface area contributed by atoms with E-state index in [1.807, 2.05) is 12.1 Å². The number of nitrogens with one attached hydrogen (secondary N) is 2. The van der Waals surface area contributed by atoms with Crippen LogP contribution in [0.1, 0.15) is 19.3 Å². The molecule has 0 aliphatic carbocycles. The summed E-state index contributed by atoms with van der Waals surface area (Å²) in [6, 6.07) is 8.40. The molecule has 126 valence electrons. The number of carbonyl (C=O) groups is 1. The summed E-state index contributed by atoms with van der Waals surface area (Å²) in [4.78, 5) is 15.0. The average molecular weight is 382 g/mol. The molecule has 2 aliphatic rings. The third-order valence-electron chi connectivity index (χ3n) is 4.93. The summed E-state index contributed by atoms with van der Waals surface area (Å²) in [5.41, 5.74) is 0.527. The van der Waals surface area contributed by atoms with Crippen molar-refractivity contribution in [2.75, 3.05) is 38.2 Å². The maximum atomic E-state index is 12.7. The van der Waals surface area contributed by atoms with Gasteiger partial charge in [-0.1, -0.05) is 12.1 Å². The van der Waals surface area contributed by atoms with Gasteiger partial charge in [-0.05, 0) is 60.4 Å². The smallest absolute Gasteiger partial charge is 0.252 e. The van der Waals surface area contributed by atoms with Crippen molar-refractivity contribution in [1.82, 2.24) is 10.6 Å². The van der Waals surface area contributed by atoms with Gasteiger partial charge in [0.1, 0.15) is 5.60 Å². The molecular weight excluding hydrogens is 358 g/mol. The number of amides is 1. The fourth-order valence-corrected chi connectivity index (χ4v) is 4.01. The van der Waals surface area contributed by atoms with E-state index in [2.05, 4.69) is 43.6 Å². The maximum absolute atomic E-state index is 12.7. The Bertz CT molecular complexity index is 561. The number of hydrogen-bond acceptors (Lipinski definition) is 4. The van der Waals surface area contributed by atoms with Crippen LogP contribution in [0.15, 0.2) is 28.7 Å². The Hall–Kier alpha value is -1.11. The number of benzene rings is 1. The van der Waals surface area contributed by atoms with Gasteiger partial charge in [0.25, 0.3) is 5.91 Å². The maximum Gasteiger partial charge on any atom is 0.252 e. The third kappa shape index (κ3) is 3.54. The number of ether oxygens (including phenoxy) is 1. The molecule has 1 aromatic rings. The van der Waals surface area contributed by atoms with Crippen molar-refractivity contribution < 1.29 is 9.53 Å². The topological polar surface area (TPSA) is 53.6 Å². The van der Waals surface area contributed by atoms with Crippen LogP contribution in [0.5, 0.6) is 0 Å². The second-order valence-electron chi connectivity index (χ2n) is 6.30. The number of halogens is 1. The van der Waals surface area contributed by atoms with Gasteiger partial charge in [0.05, 0.1) is 5.69 Å². The highest BCUT2D eigenvalue weighted by Gasteiger charge is 2.41. The van der Waals surface area contributed by atoms with Gasteiger partial charge >= 0.3 is 0 Å². The van der Waals surface area contributed by atoms with Crippen molar-refractivity contribution >= 4 is 27.5 Å². The van der Waals surface area contributed by atoms with Crippen molar-refractivity contribution in [1.29, 1.82) is 0 Å². The fourth-order valence-electron chi connectivity index (χ4n) is 3.48. The zero-order valence-corrected chi connectivity index (χ0v) is 15.1. The molecule has 2 saturated heterocycles. The van der Waals surface area contributed by atoms with E-state index in [0.717, 1.165) is 49.9 Å². The summed E-state index contributed by atoms with van der Waals surface area (Å²) in [5.74, 6) is 0.0421. The first kappa shape index (κ1) is 16.7. The number of carbonyl (C=O) groups excluding carboxylic acids is 1. The number of para-hydroxylation sites is 1. The Morgan fingerprint density at radius 3 is 2.83 bits per heavy atom. The second-order valence-corrected chi connectivity index (χ2v) is 7.16. The highest BCUT2D eigenvalue weighted by molar-refractivity contribution is 9.10. The van der Waals surface area contributed by atoms with Crippen LogP contribution in [0, 0.1) is 0 Å². The molecule has 2 N–H and O–H groups in total. The second kappa shape index (κ2) is 7.20. The number of piperidine rings is 1. The zero-order valence-electron chi connectivity index (χ0n) is 13.5. The van der Waals surface area contributed by atoms with Crippen LogP contribution in [0.25, 0.3) is 0 Å². The molecule has 0 spiro atoms. The summed E-state index contributed by atoms with van der Waals surface area (Å²) in [7, 11) is 1.65. The summed E-state index contributed by atoms with van der Waals surface area (Å²) < 4.78 is 6.70. The first-order valence-electron chi connectivity index (χ1n) is 8.21. The van der Waals surface area contributed by atoms with E-state index in [0.29, 0.717) is 0 Å². The summed E-state index contributed by atoms with van der Waals surface area (Å²) in [6.07, 6.45) is 2.43. The summed E-state index contributed by atoms with van der Waals surface area (Å²) in [6.45, 7) is 3.45. The van der Waals surface area contributed by atoms with Gasteiger partial charge in [0, 0.05) is 30.7 Å². The van der Waals surface area contributed by atoms with Crippen LogP contribution in [0.3, 0.4) is 0 Å². The molecular formula is C17H24BrN3O2. The highest BCUT2D eigenvalue weighted by atomic mass is 79.9. The van der Waals surface area contributed by atoms with Crippen molar-refractivity contribution in [2.45, 2.75) is 30.9 Å². The van der Waals surface area contributed by atoms with Crippen molar-refractivity contribution in [3.8, 4) is 0 Å². The van der Waals surface area contributed by atoms with Gasteiger partial charge in [-0.3, -0.25) is 4.79 Å². The molecule has 6 heteroatoms. The molecule has 3 rings (SSSR count). The van der Waals surface area contributed by atoms with Gasteiger partial charge in [-0.2, -0.15) is 0 Å². The van der Waals surface area contributed by atoms with Gasteiger partial charge in [-0.15, -0.1) is 0 Å². The third-order valence-corrected chi connectivity index (χ3v) is 5.60. The highest BCUT2D eigenvalue weighted by Crippen LogP contribution is 2.29. The predicted octanol–water partition coefficient (Wildman–Crippen LogP) is 1.91. The number of anilines is 1. The van der Waals surface area contributed by atoms with Crippen LogP contribution >= 0.6 is 15.9 Å². The summed E-state index contributed by atoms with van der Waals surface area (Å²) >= 11 is 3.60. The lowest BCUT2D eigenvalue weighted by atomic mass is 9.90. The molecule has 5 nitrogen and oxygen atoms in total. The Morgan fingerprint density at radius 2 is 2.13 bits per heavy atom. The molecule has 1 aromatic carbocycles. The molecule has 1 unspecified atom stereocenters. The van der Waals surface area contributed by atoms with Crippen molar-refractivity contribution in [3.05, 3.63) is 28.7 Å². The molecule has 2 heterocycles. The van der Waals surface area contributed by atoms with E-state index >= 15 is 0 Å². The van der Waals surface area contributed by atoms with Gasteiger partial charge in [0.15, 0.2) is 0 Å². The Morgan fingerprint density at radius 1 is 1.39 bits per heavy atom. The SMILES string of the molecule is COC1(C(=O)NC2CCN(c3ccccc3Br)C2)CCNCC1. The quantitative estimate of drug-likeness (QED) is 0.836. The number of rotatable bonds is 4. The van der Waals surface area contributed by atoms with Crippen LogP contribution in [0.2, 0.25) is 0 Å². The monoisotopic (exact) mass is 381 g/mol. The van der Waals surface area contributed by atoms with E-state index in [9.17, 15) is 4.79 Å². The Kier molecular flexibility index (Phi) is 5.24. The fraction of sp³-hybridized carbons (Fsp3) is 0.588. The molecule has 1 amide bonds. The molecule has 23 heavy (non-hydrogen) atoms. The lowest BCUT2D eigenvalue weighted by molar-refractivity contribution is -0.147. The van der Waals surface area contributed by atoms with Crippen molar-refractivity contribution in [3.63, 3.8) is 0 Å². The zero-order chi connectivity index (χ0) is 16.3. The number of hydrogen-bond donors (Lipinski definition) is 2. The van der Waals surface area contributed by atoms with E-state index < -0.39 is 5.60 Å². The van der Waals surface area contributed by atoms with Crippen molar-refractivity contribution in [2.24, 2.45) is 0 Å². The largest absolute Gasteiger partial charge is 0.368 e. The molecule has 0 saturated carbocycles. The number of nitrogens with zero attached hydrogens (tertiary/aromatic N) is 1. The molecule has 0 bridgehead atoms. The minimum atomic E-state index is -0.661. The van der Waals surface area contributed by atoms with E-state index in [-0.39, 0.29) is 11.9 Å². The Labute approximate surface area is 145 Å². The Balaban J connectivity index is 1.61. The van der Waals surface area contributed by atoms with Crippen LogP contribution in [-0.2, 0) is 9.53 Å². The summed E-state index contributed by atoms with van der Waals surface area (Å²) in [5, 5.41) is 6.49. The van der Waals surface area contributed by atoms with Crippen LogP contribution in [0.4, 0.5) is 5.69 Å². The first-order valence-corrected chi connectivity index (χ1v) is 9.00. The van der Waals surface area contributed by atoms with Crippen LogP contribution in [-0.4, -0.2) is 50.8 Å². The lowest BCUT2D eigenvalue weighted by Gasteiger charge is -2.35. The normalized spacial score (nSPS) is 23.7. The minimum Gasteiger partial charge on any atom is -0.368 e. The van der Waals surface area contributed by atoms with E-state index in [1.165, 1.54) is 5.69 Å². The molecule has 2 aliphatic heterocycles. The van der Waals surface area contributed by atoms with Gasteiger partial charge in [0.2, 0.25) is 0 Å². The number of methoxy groups -OCH3 is 1. The van der Waals surface area contributed by atoms with E-state index in [1.54, 1.807) is 7.11 Å². The minimum absolute atomic E-state index is 0.0421. The standard InChI is InChI=1S/C17H24BrN3O2/c1-23-17(7-9-19-10-8-17)16(22)20-13-6-11-21(12-13)15-5-3-2-4-14(15)18/h2-5,13,19H,6-12H2,1H3,(H,20,22). The molecule has 0 aromatic heterocycles. The van der Waals surface area contributed by atoms with Gasteiger partial charge < -0.3 is 20.3 Å². The average Bonchev–Trinajstić information content (AvgIpc) is 3.04. The molecule has 1 atom stereocenters. The lowest BCUT2D eigenvalue weighted by Crippen LogP contribution is -2.56. The molecule has 2 fully saturated rings. The van der Waals surface area contributed by atoms with Crippen LogP contribution < -0.4 is 15.5 Å².